The van der Waals surface area contributed by atoms with E-state index in [1.54, 1.807) is 18.2 Å². The van der Waals surface area contributed by atoms with Crippen molar-refractivity contribution in [3.05, 3.63) is 65.2 Å². The summed E-state index contributed by atoms with van der Waals surface area (Å²) in [6, 6.07) is 10.8. The molecule has 29 heavy (non-hydrogen) atoms. The summed E-state index contributed by atoms with van der Waals surface area (Å²) in [5.41, 5.74) is 0.243. The van der Waals surface area contributed by atoms with E-state index in [4.69, 9.17) is 4.74 Å². The largest absolute Gasteiger partial charge is 0.451 e. The van der Waals surface area contributed by atoms with Crippen molar-refractivity contribution in [1.29, 1.82) is 0 Å². The van der Waals surface area contributed by atoms with Crippen LogP contribution in [-0.4, -0.2) is 30.4 Å². The van der Waals surface area contributed by atoms with Gasteiger partial charge in [0.1, 0.15) is 6.54 Å². The van der Waals surface area contributed by atoms with Crippen molar-refractivity contribution in [3.8, 4) is 0 Å². The van der Waals surface area contributed by atoms with Gasteiger partial charge >= 0.3 is 12.1 Å². The second-order valence-electron chi connectivity index (χ2n) is 6.25. The number of anilines is 1. The fourth-order valence-corrected chi connectivity index (χ4v) is 2.35. The Balaban J connectivity index is 1.86. The van der Waals surface area contributed by atoms with Gasteiger partial charge in [-0.25, -0.2) is 0 Å². The number of ether oxygens (including phenoxy) is 1. The number of amides is 2. The Kier molecular flexibility index (Phi) is 6.98. The molecule has 2 rings (SSSR count). The molecule has 1 atom stereocenters. The van der Waals surface area contributed by atoms with Crippen LogP contribution in [0.25, 0.3) is 0 Å². The Bertz CT molecular complexity index is 913. The second kappa shape index (κ2) is 9.22. The Morgan fingerprint density at radius 1 is 1.07 bits per heavy atom. The van der Waals surface area contributed by atoms with Crippen molar-refractivity contribution < 1.29 is 32.3 Å². The number of aryl methyl sites for hydroxylation is 1. The van der Waals surface area contributed by atoms with Crippen molar-refractivity contribution in [3.63, 3.8) is 0 Å². The molecule has 154 valence electrons. The Labute approximate surface area is 165 Å². The average Bonchev–Trinajstić information content (AvgIpc) is 2.65. The maximum Gasteiger partial charge on any atom is 0.416 e. The summed E-state index contributed by atoms with van der Waals surface area (Å²) >= 11 is 0. The number of esters is 1. The smallest absolute Gasteiger partial charge is 0.416 e. The lowest BCUT2D eigenvalue weighted by molar-refractivity contribution is -0.152. The van der Waals surface area contributed by atoms with E-state index in [0.717, 1.165) is 23.8 Å². The topological polar surface area (TPSA) is 84.5 Å². The summed E-state index contributed by atoms with van der Waals surface area (Å²) in [6.07, 6.45) is -5.82. The van der Waals surface area contributed by atoms with Gasteiger partial charge in [0.25, 0.3) is 11.8 Å². The highest BCUT2D eigenvalue weighted by Gasteiger charge is 2.30. The van der Waals surface area contributed by atoms with Crippen LogP contribution in [0.5, 0.6) is 0 Å². The van der Waals surface area contributed by atoms with Gasteiger partial charge in [0.05, 0.1) is 5.56 Å². The number of hydrogen-bond donors (Lipinski definition) is 2. The van der Waals surface area contributed by atoms with Gasteiger partial charge in [-0.2, -0.15) is 13.2 Å². The predicted molar refractivity (Wildman–Crippen MR) is 99.1 cm³/mol. The minimum absolute atomic E-state index is 0.0829. The first-order chi connectivity index (χ1) is 13.6. The lowest BCUT2D eigenvalue weighted by Gasteiger charge is -2.15. The van der Waals surface area contributed by atoms with Crippen LogP contribution in [0.3, 0.4) is 0 Å². The summed E-state index contributed by atoms with van der Waals surface area (Å²) in [4.78, 5) is 35.9. The van der Waals surface area contributed by atoms with Crippen molar-refractivity contribution in [1.82, 2.24) is 5.32 Å². The van der Waals surface area contributed by atoms with Gasteiger partial charge in [-0.15, -0.1) is 0 Å². The summed E-state index contributed by atoms with van der Waals surface area (Å²) in [7, 11) is 0. The minimum Gasteiger partial charge on any atom is -0.451 e. The third-order valence-corrected chi connectivity index (χ3v) is 3.81. The first kappa shape index (κ1) is 21.9. The van der Waals surface area contributed by atoms with Crippen molar-refractivity contribution in [2.24, 2.45) is 0 Å². The minimum atomic E-state index is -4.55. The van der Waals surface area contributed by atoms with E-state index in [1.807, 2.05) is 13.0 Å². The Hall–Kier alpha value is -3.36. The highest BCUT2D eigenvalue weighted by molar-refractivity contribution is 5.97. The molecule has 2 N–H and O–H groups in total. The summed E-state index contributed by atoms with van der Waals surface area (Å²) < 4.78 is 43.0. The van der Waals surface area contributed by atoms with E-state index in [-0.39, 0.29) is 5.69 Å². The summed E-state index contributed by atoms with van der Waals surface area (Å²) in [5, 5.41) is 4.63. The molecule has 0 spiro atoms. The molecule has 0 radical (unpaired) electrons. The number of halogens is 3. The molecule has 9 heteroatoms. The fraction of sp³-hybridized carbons (Fsp3) is 0.250. The molecular weight excluding hydrogens is 389 g/mol. The molecule has 0 unspecified atom stereocenters. The molecule has 0 aliphatic rings. The first-order valence-corrected chi connectivity index (χ1v) is 8.59. The van der Waals surface area contributed by atoms with Gasteiger partial charge in [0.15, 0.2) is 6.10 Å². The van der Waals surface area contributed by atoms with Crippen LogP contribution in [0.2, 0.25) is 0 Å². The summed E-state index contributed by atoms with van der Waals surface area (Å²) in [6.45, 7) is 2.62. The highest BCUT2D eigenvalue weighted by Crippen LogP contribution is 2.30. The van der Waals surface area contributed by atoms with Crippen LogP contribution in [-0.2, 0) is 20.5 Å². The van der Waals surface area contributed by atoms with Gasteiger partial charge in [0.2, 0.25) is 0 Å². The van der Waals surface area contributed by atoms with E-state index >= 15 is 0 Å². The van der Waals surface area contributed by atoms with Gasteiger partial charge < -0.3 is 15.4 Å². The summed E-state index contributed by atoms with van der Waals surface area (Å²) in [5.74, 6) is -2.15. The molecular formula is C20H19F3N2O4. The molecule has 0 aromatic heterocycles. The number of hydrogen-bond acceptors (Lipinski definition) is 4. The predicted octanol–water partition coefficient (Wildman–Crippen LogP) is 3.31. The van der Waals surface area contributed by atoms with E-state index in [2.05, 4.69) is 10.6 Å². The zero-order valence-electron chi connectivity index (χ0n) is 15.7. The Morgan fingerprint density at radius 3 is 2.41 bits per heavy atom. The van der Waals surface area contributed by atoms with Crippen LogP contribution in [0.1, 0.15) is 28.4 Å². The van der Waals surface area contributed by atoms with E-state index in [0.29, 0.717) is 5.56 Å². The molecule has 0 saturated carbocycles. The molecule has 2 aromatic rings. The van der Waals surface area contributed by atoms with Crippen LogP contribution in [0.4, 0.5) is 18.9 Å². The lowest BCUT2D eigenvalue weighted by Crippen LogP contribution is -2.35. The molecule has 0 aliphatic heterocycles. The van der Waals surface area contributed by atoms with Crippen LogP contribution in [0, 0.1) is 6.92 Å². The standard InChI is InChI=1S/C20H19F3N2O4/c1-12-5-3-6-14(9-12)19(28)24-11-17(26)29-13(2)18(27)25-16-8-4-7-15(10-16)20(21,22)23/h3-10,13H,11H2,1-2H3,(H,24,28)(H,25,27)/t13-/m1/s1. The number of alkyl halides is 3. The molecule has 0 bridgehead atoms. The van der Waals surface area contributed by atoms with Gasteiger partial charge in [-0.1, -0.05) is 23.8 Å². The molecule has 6 nitrogen and oxygen atoms in total. The van der Waals surface area contributed by atoms with Crippen LogP contribution >= 0.6 is 0 Å². The van der Waals surface area contributed by atoms with Crippen molar-refractivity contribution in [2.75, 3.05) is 11.9 Å². The van der Waals surface area contributed by atoms with Gasteiger partial charge in [-0.05, 0) is 44.2 Å². The molecule has 0 heterocycles. The number of nitrogens with one attached hydrogen (secondary N) is 2. The number of carbonyl (C=O) groups is 3. The zero-order chi connectivity index (χ0) is 21.6. The van der Waals surface area contributed by atoms with Gasteiger partial charge in [-0.3, -0.25) is 14.4 Å². The molecule has 0 aliphatic carbocycles. The maximum atomic E-state index is 12.7. The zero-order valence-corrected chi connectivity index (χ0v) is 15.7. The quantitative estimate of drug-likeness (QED) is 0.719. The molecule has 2 amide bonds. The van der Waals surface area contributed by atoms with Crippen molar-refractivity contribution >= 4 is 23.5 Å². The van der Waals surface area contributed by atoms with E-state index < -0.39 is 42.2 Å². The monoisotopic (exact) mass is 408 g/mol. The van der Waals surface area contributed by atoms with Crippen LogP contribution < -0.4 is 10.6 Å². The van der Waals surface area contributed by atoms with Crippen LogP contribution in [0.15, 0.2) is 48.5 Å². The Morgan fingerprint density at radius 2 is 1.76 bits per heavy atom. The molecule has 2 aromatic carbocycles. The maximum absolute atomic E-state index is 12.7. The first-order valence-electron chi connectivity index (χ1n) is 8.59. The molecule has 0 fully saturated rings. The van der Waals surface area contributed by atoms with Gasteiger partial charge in [0, 0.05) is 11.3 Å². The third kappa shape index (κ3) is 6.63. The number of rotatable bonds is 6. The highest BCUT2D eigenvalue weighted by atomic mass is 19.4. The normalized spacial score (nSPS) is 12.0. The lowest BCUT2D eigenvalue weighted by atomic mass is 10.1. The average molecular weight is 408 g/mol. The van der Waals surface area contributed by atoms with Crippen molar-refractivity contribution in [2.45, 2.75) is 26.1 Å². The SMILES string of the molecule is Cc1cccc(C(=O)NCC(=O)O[C@H](C)C(=O)Nc2cccc(C(F)(F)F)c2)c1. The number of benzene rings is 2. The third-order valence-electron chi connectivity index (χ3n) is 3.81. The van der Waals surface area contributed by atoms with E-state index in [1.165, 1.54) is 13.0 Å². The number of carbonyl (C=O) groups excluding carboxylic acids is 3. The fourth-order valence-electron chi connectivity index (χ4n) is 2.35. The molecule has 0 saturated heterocycles. The second-order valence-corrected chi connectivity index (χ2v) is 6.25. The van der Waals surface area contributed by atoms with E-state index in [9.17, 15) is 27.6 Å².